The van der Waals surface area contributed by atoms with Crippen LogP contribution >= 0.6 is 0 Å². The molecular weight excluding hydrogens is 190 g/mol. The van der Waals surface area contributed by atoms with E-state index in [1.807, 2.05) is 27.8 Å². The number of rotatable bonds is 4. The van der Waals surface area contributed by atoms with Crippen molar-refractivity contribution in [3.8, 4) is 0 Å². The number of carbonyl (C=O) groups excluding carboxylic acids is 1. The van der Waals surface area contributed by atoms with Gasteiger partial charge in [-0.1, -0.05) is 19.3 Å². The number of likely N-dealkylation sites (N-methyl/N-ethyl adjacent to an activating group) is 1. The lowest BCUT2D eigenvalue weighted by molar-refractivity contribution is -0.158. The van der Waals surface area contributed by atoms with Crippen LogP contribution in [-0.4, -0.2) is 24.7 Å². The third-order valence-corrected chi connectivity index (χ3v) is 2.83. The van der Waals surface area contributed by atoms with Gasteiger partial charge < -0.3 is 10.1 Å². The Kier molecular flexibility index (Phi) is 4.14. The number of hydrogen-bond acceptors (Lipinski definition) is 3. The zero-order chi connectivity index (χ0) is 11.5. The van der Waals surface area contributed by atoms with Gasteiger partial charge in [0.25, 0.3) is 0 Å². The van der Waals surface area contributed by atoms with Gasteiger partial charge in [0.15, 0.2) is 0 Å². The summed E-state index contributed by atoms with van der Waals surface area (Å²) in [5, 5.41) is 3.05. The summed E-state index contributed by atoms with van der Waals surface area (Å²) in [5.74, 6) is 0.604. The first kappa shape index (κ1) is 12.5. The Morgan fingerprint density at radius 1 is 1.47 bits per heavy atom. The molecule has 0 aromatic heterocycles. The molecule has 1 aliphatic carbocycles. The van der Waals surface area contributed by atoms with Crippen molar-refractivity contribution >= 4 is 5.97 Å². The third kappa shape index (κ3) is 4.20. The van der Waals surface area contributed by atoms with E-state index in [0.717, 1.165) is 12.3 Å². The standard InChI is InChI=1S/C12H23NO2/c1-12(2,3)15-11(14)10(13-4)8-9-6-5-7-9/h9-10,13H,5-8H2,1-4H3/t10-/m0/s1. The lowest BCUT2D eigenvalue weighted by atomic mass is 9.81. The van der Waals surface area contributed by atoms with Crippen molar-refractivity contribution in [2.75, 3.05) is 7.05 Å². The Labute approximate surface area is 92.6 Å². The second-order valence-electron chi connectivity index (χ2n) is 5.41. The molecule has 0 aromatic rings. The van der Waals surface area contributed by atoms with Gasteiger partial charge in [0.2, 0.25) is 0 Å². The number of carbonyl (C=O) groups is 1. The minimum absolute atomic E-state index is 0.114. The molecule has 1 N–H and O–H groups in total. The Hall–Kier alpha value is -0.570. The topological polar surface area (TPSA) is 38.3 Å². The number of hydrogen-bond donors (Lipinski definition) is 1. The molecule has 1 fully saturated rings. The maximum atomic E-state index is 11.8. The summed E-state index contributed by atoms with van der Waals surface area (Å²) >= 11 is 0. The predicted molar refractivity (Wildman–Crippen MR) is 60.7 cm³/mol. The molecule has 88 valence electrons. The van der Waals surface area contributed by atoms with E-state index < -0.39 is 0 Å². The van der Waals surface area contributed by atoms with Crippen LogP contribution < -0.4 is 5.32 Å². The monoisotopic (exact) mass is 213 g/mol. The summed E-state index contributed by atoms with van der Waals surface area (Å²) in [4.78, 5) is 11.8. The molecule has 3 nitrogen and oxygen atoms in total. The summed E-state index contributed by atoms with van der Waals surface area (Å²) in [6, 6.07) is -0.130. The summed E-state index contributed by atoms with van der Waals surface area (Å²) in [6.07, 6.45) is 4.77. The SMILES string of the molecule is CN[C@@H](CC1CCC1)C(=O)OC(C)(C)C. The number of ether oxygens (including phenoxy) is 1. The average Bonchev–Trinajstić information content (AvgIpc) is 1.98. The molecule has 1 saturated carbocycles. The van der Waals surface area contributed by atoms with Crippen molar-refractivity contribution in [1.82, 2.24) is 5.32 Å². The predicted octanol–water partition coefficient (Wildman–Crippen LogP) is 2.11. The molecule has 3 heteroatoms. The highest BCUT2D eigenvalue weighted by atomic mass is 16.6. The summed E-state index contributed by atoms with van der Waals surface area (Å²) in [6.45, 7) is 5.71. The molecule has 1 atom stereocenters. The molecule has 0 spiro atoms. The summed E-state index contributed by atoms with van der Waals surface area (Å²) in [7, 11) is 1.83. The smallest absolute Gasteiger partial charge is 0.323 e. The van der Waals surface area contributed by atoms with Gasteiger partial charge in [-0.05, 0) is 40.2 Å². The first-order chi connectivity index (χ1) is 6.92. The molecule has 0 heterocycles. The van der Waals surface area contributed by atoms with Crippen molar-refractivity contribution in [2.45, 2.75) is 58.1 Å². The van der Waals surface area contributed by atoms with Gasteiger partial charge in [-0.3, -0.25) is 4.79 Å². The van der Waals surface area contributed by atoms with E-state index in [9.17, 15) is 4.79 Å². The van der Waals surface area contributed by atoms with Gasteiger partial charge in [-0.25, -0.2) is 0 Å². The van der Waals surface area contributed by atoms with E-state index in [1.54, 1.807) is 0 Å². The summed E-state index contributed by atoms with van der Waals surface area (Å²) < 4.78 is 5.36. The van der Waals surface area contributed by atoms with E-state index in [-0.39, 0.29) is 17.6 Å². The molecular formula is C12H23NO2. The highest BCUT2D eigenvalue weighted by Crippen LogP contribution is 2.30. The van der Waals surface area contributed by atoms with Gasteiger partial charge >= 0.3 is 5.97 Å². The van der Waals surface area contributed by atoms with Crippen LogP contribution in [0.2, 0.25) is 0 Å². The quantitative estimate of drug-likeness (QED) is 0.727. The molecule has 1 rings (SSSR count). The van der Waals surface area contributed by atoms with Crippen molar-refractivity contribution < 1.29 is 9.53 Å². The fourth-order valence-corrected chi connectivity index (χ4v) is 1.77. The largest absolute Gasteiger partial charge is 0.459 e. The zero-order valence-corrected chi connectivity index (χ0v) is 10.3. The Morgan fingerprint density at radius 3 is 2.40 bits per heavy atom. The van der Waals surface area contributed by atoms with E-state index in [4.69, 9.17) is 4.74 Å². The fraction of sp³-hybridized carbons (Fsp3) is 0.917. The lowest BCUT2D eigenvalue weighted by Gasteiger charge is -2.30. The van der Waals surface area contributed by atoms with Crippen LogP contribution in [0.3, 0.4) is 0 Å². The van der Waals surface area contributed by atoms with E-state index in [2.05, 4.69) is 5.32 Å². The van der Waals surface area contributed by atoms with Crippen LogP contribution in [0.5, 0.6) is 0 Å². The molecule has 0 radical (unpaired) electrons. The second kappa shape index (κ2) is 4.97. The van der Waals surface area contributed by atoms with E-state index in [0.29, 0.717) is 0 Å². The normalized spacial score (nSPS) is 19.5. The summed E-state index contributed by atoms with van der Waals surface area (Å²) in [5.41, 5.74) is -0.383. The van der Waals surface area contributed by atoms with Crippen molar-refractivity contribution in [3.63, 3.8) is 0 Å². The van der Waals surface area contributed by atoms with Crippen LogP contribution in [0, 0.1) is 5.92 Å². The molecule has 0 bridgehead atoms. The van der Waals surface area contributed by atoms with Crippen LogP contribution in [-0.2, 0) is 9.53 Å². The first-order valence-corrected chi connectivity index (χ1v) is 5.82. The average molecular weight is 213 g/mol. The van der Waals surface area contributed by atoms with E-state index >= 15 is 0 Å². The molecule has 0 amide bonds. The highest BCUT2D eigenvalue weighted by molar-refractivity contribution is 5.76. The van der Waals surface area contributed by atoms with E-state index in [1.165, 1.54) is 19.3 Å². The first-order valence-electron chi connectivity index (χ1n) is 5.82. The Bertz CT molecular complexity index is 216. The molecule has 0 aliphatic heterocycles. The Balaban J connectivity index is 2.39. The van der Waals surface area contributed by atoms with Crippen LogP contribution in [0.15, 0.2) is 0 Å². The lowest BCUT2D eigenvalue weighted by Crippen LogP contribution is -2.41. The van der Waals surface area contributed by atoms with Crippen molar-refractivity contribution in [3.05, 3.63) is 0 Å². The highest BCUT2D eigenvalue weighted by Gasteiger charge is 2.28. The van der Waals surface area contributed by atoms with Crippen LogP contribution in [0.4, 0.5) is 0 Å². The van der Waals surface area contributed by atoms with Gasteiger partial charge in [-0.15, -0.1) is 0 Å². The minimum Gasteiger partial charge on any atom is -0.459 e. The maximum absolute atomic E-state index is 11.8. The minimum atomic E-state index is -0.383. The number of nitrogens with one attached hydrogen (secondary N) is 1. The number of esters is 1. The van der Waals surface area contributed by atoms with Gasteiger partial charge in [0, 0.05) is 0 Å². The molecule has 0 saturated heterocycles. The molecule has 15 heavy (non-hydrogen) atoms. The Morgan fingerprint density at radius 2 is 2.07 bits per heavy atom. The molecule has 0 aromatic carbocycles. The molecule has 0 unspecified atom stereocenters. The van der Waals surface area contributed by atoms with Gasteiger partial charge in [-0.2, -0.15) is 0 Å². The maximum Gasteiger partial charge on any atom is 0.323 e. The molecule has 1 aliphatic rings. The fourth-order valence-electron chi connectivity index (χ4n) is 1.77. The zero-order valence-electron chi connectivity index (χ0n) is 10.3. The van der Waals surface area contributed by atoms with Crippen molar-refractivity contribution in [2.24, 2.45) is 5.92 Å². The van der Waals surface area contributed by atoms with Crippen LogP contribution in [0.1, 0.15) is 46.5 Å². The van der Waals surface area contributed by atoms with Gasteiger partial charge in [0.1, 0.15) is 11.6 Å². The second-order valence-corrected chi connectivity index (χ2v) is 5.41. The third-order valence-electron chi connectivity index (χ3n) is 2.83. The van der Waals surface area contributed by atoms with Crippen LogP contribution in [0.25, 0.3) is 0 Å². The van der Waals surface area contributed by atoms with Crippen molar-refractivity contribution in [1.29, 1.82) is 0 Å². The van der Waals surface area contributed by atoms with Gasteiger partial charge in [0.05, 0.1) is 0 Å².